The Morgan fingerprint density at radius 3 is 2.50 bits per heavy atom. The van der Waals surface area contributed by atoms with E-state index in [2.05, 4.69) is 5.10 Å². The maximum absolute atomic E-state index is 14.8. The lowest BCUT2D eigenvalue weighted by Gasteiger charge is -2.41. The predicted molar refractivity (Wildman–Crippen MR) is 132 cm³/mol. The summed E-state index contributed by atoms with van der Waals surface area (Å²) in [5.41, 5.74) is -4.20. The van der Waals surface area contributed by atoms with E-state index >= 15 is 0 Å². The second kappa shape index (κ2) is 10.4. The monoisotopic (exact) mass is 554 g/mol. The summed E-state index contributed by atoms with van der Waals surface area (Å²) in [6, 6.07) is 6.66. The highest BCUT2D eigenvalue weighted by molar-refractivity contribution is 7.89. The Hall–Kier alpha value is -3.35. The number of halogens is 3. The number of carbonyl (C=O) groups excluding carboxylic acids is 2. The maximum Gasteiger partial charge on any atom is 0.416 e. The Labute approximate surface area is 218 Å². The van der Waals surface area contributed by atoms with Crippen molar-refractivity contribution < 1.29 is 35.9 Å². The van der Waals surface area contributed by atoms with E-state index in [0.29, 0.717) is 31.1 Å². The molecule has 1 aromatic carbocycles. The molecule has 1 aliphatic heterocycles. The lowest BCUT2D eigenvalue weighted by molar-refractivity contribution is -0.202. The lowest BCUT2D eigenvalue weighted by Crippen LogP contribution is -2.59. The SMILES string of the molecule is CCCCOc1ccc([C@]2(C(F)(F)F)CC(c3ccn(CC4CC4)n3)=C(C(=O)NS(C)(=O)=O)C(=O)N2)cc1. The fraction of sp³-hybridized carbons (Fsp3) is 0.480. The topological polar surface area (TPSA) is 119 Å². The number of sulfonamides is 1. The number of carbonyl (C=O) groups is 2. The van der Waals surface area contributed by atoms with E-state index in [1.807, 2.05) is 12.2 Å². The van der Waals surface area contributed by atoms with Crippen LogP contribution in [0.1, 0.15) is 50.3 Å². The molecule has 0 bridgehead atoms. The van der Waals surface area contributed by atoms with Crippen LogP contribution in [0, 0.1) is 5.92 Å². The van der Waals surface area contributed by atoms with Crippen molar-refractivity contribution in [1.29, 1.82) is 0 Å². The molecule has 2 aliphatic rings. The smallest absolute Gasteiger partial charge is 0.416 e. The highest BCUT2D eigenvalue weighted by atomic mass is 32.2. The lowest BCUT2D eigenvalue weighted by atomic mass is 9.77. The molecule has 1 saturated carbocycles. The second-order valence-electron chi connectivity index (χ2n) is 9.68. The first kappa shape index (κ1) is 27.7. The number of rotatable bonds is 10. The van der Waals surface area contributed by atoms with Gasteiger partial charge in [0.25, 0.3) is 11.8 Å². The average molecular weight is 555 g/mol. The number of nitrogens with zero attached hydrogens (tertiary/aromatic N) is 2. The zero-order valence-corrected chi connectivity index (χ0v) is 21.8. The van der Waals surface area contributed by atoms with Crippen LogP contribution in [-0.2, 0) is 31.7 Å². The van der Waals surface area contributed by atoms with Gasteiger partial charge in [-0.15, -0.1) is 0 Å². The number of hydrogen-bond donors (Lipinski definition) is 2. The molecule has 2 heterocycles. The van der Waals surface area contributed by atoms with Crippen molar-refractivity contribution in [2.45, 2.75) is 57.3 Å². The molecule has 1 fully saturated rings. The third-order valence-electron chi connectivity index (χ3n) is 6.49. The van der Waals surface area contributed by atoms with Gasteiger partial charge in [-0.2, -0.15) is 18.3 Å². The molecule has 1 atom stereocenters. The van der Waals surface area contributed by atoms with Crippen molar-refractivity contribution in [2.75, 3.05) is 12.9 Å². The van der Waals surface area contributed by atoms with Gasteiger partial charge in [0.1, 0.15) is 11.3 Å². The highest BCUT2D eigenvalue weighted by Crippen LogP contribution is 2.48. The van der Waals surface area contributed by atoms with Crippen molar-refractivity contribution in [1.82, 2.24) is 19.8 Å². The van der Waals surface area contributed by atoms with Gasteiger partial charge in [0.15, 0.2) is 5.54 Å². The van der Waals surface area contributed by atoms with E-state index in [4.69, 9.17) is 4.74 Å². The zero-order chi connectivity index (χ0) is 27.7. The van der Waals surface area contributed by atoms with Gasteiger partial charge < -0.3 is 10.1 Å². The third kappa shape index (κ3) is 6.03. The maximum atomic E-state index is 14.8. The Kier molecular flexibility index (Phi) is 7.60. The normalized spacial score (nSPS) is 20.3. The van der Waals surface area contributed by atoms with E-state index in [1.165, 1.54) is 30.3 Å². The van der Waals surface area contributed by atoms with E-state index in [0.717, 1.165) is 25.7 Å². The Bertz CT molecular complexity index is 1350. The molecule has 0 unspecified atom stereocenters. The minimum absolute atomic E-state index is 0.00713. The molecule has 2 aromatic rings. The van der Waals surface area contributed by atoms with E-state index in [-0.39, 0.29) is 16.8 Å². The van der Waals surface area contributed by atoms with Crippen LogP contribution in [0.2, 0.25) is 0 Å². The van der Waals surface area contributed by atoms with Gasteiger partial charge in [-0.3, -0.25) is 14.3 Å². The number of benzene rings is 1. The molecule has 2 amide bonds. The van der Waals surface area contributed by atoms with Crippen LogP contribution >= 0.6 is 0 Å². The molecule has 1 aromatic heterocycles. The molecule has 4 rings (SSSR count). The van der Waals surface area contributed by atoms with Gasteiger partial charge in [0, 0.05) is 24.7 Å². The van der Waals surface area contributed by atoms with Crippen molar-refractivity contribution >= 4 is 27.4 Å². The largest absolute Gasteiger partial charge is 0.494 e. The van der Waals surface area contributed by atoms with Crippen LogP contribution < -0.4 is 14.8 Å². The number of unbranched alkanes of at least 4 members (excludes halogenated alkanes) is 1. The van der Waals surface area contributed by atoms with Gasteiger partial charge in [0.2, 0.25) is 10.0 Å². The van der Waals surface area contributed by atoms with Crippen molar-refractivity contribution in [3.8, 4) is 5.75 Å². The summed E-state index contributed by atoms with van der Waals surface area (Å²) in [5, 5.41) is 6.31. The van der Waals surface area contributed by atoms with Crippen LogP contribution in [0.5, 0.6) is 5.75 Å². The van der Waals surface area contributed by atoms with Gasteiger partial charge in [0.05, 0.1) is 18.6 Å². The van der Waals surface area contributed by atoms with E-state index in [9.17, 15) is 31.2 Å². The standard InChI is InChI=1S/C25H29F3N4O5S/c1-3-4-13-37-18-9-7-17(8-10-18)24(25(26,27)28)14-19(20-11-12-32(30-20)15-16-5-6-16)21(22(33)29-24)23(34)31-38(2,35)36/h7-12,16H,3-6,13-15H2,1-2H3,(H,29,33)(H,31,34)/t24-/m0/s1. The van der Waals surface area contributed by atoms with E-state index in [1.54, 1.807) is 15.6 Å². The molecule has 2 N–H and O–H groups in total. The Morgan fingerprint density at radius 2 is 1.92 bits per heavy atom. The average Bonchev–Trinajstić information content (AvgIpc) is 3.51. The second-order valence-corrected chi connectivity index (χ2v) is 11.4. The minimum Gasteiger partial charge on any atom is -0.494 e. The number of alkyl halides is 3. The van der Waals surface area contributed by atoms with Gasteiger partial charge >= 0.3 is 6.18 Å². The highest BCUT2D eigenvalue weighted by Gasteiger charge is 2.60. The summed E-state index contributed by atoms with van der Waals surface area (Å²) in [6.45, 7) is 2.94. The van der Waals surface area contributed by atoms with Crippen LogP contribution in [0.4, 0.5) is 13.2 Å². The fourth-order valence-electron chi connectivity index (χ4n) is 4.34. The third-order valence-corrected chi connectivity index (χ3v) is 7.05. The number of hydrogen-bond acceptors (Lipinski definition) is 6. The van der Waals surface area contributed by atoms with E-state index < -0.39 is 45.5 Å². The molecule has 0 saturated heterocycles. The molecule has 1 aliphatic carbocycles. The van der Waals surface area contributed by atoms with Crippen LogP contribution in [-0.4, -0.2) is 49.1 Å². The summed E-state index contributed by atoms with van der Waals surface area (Å²) in [7, 11) is -4.10. The molecule has 0 spiro atoms. The first-order valence-corrected chi connectivity index (χ1v) is 14.1. The number of ether oxygens (including phenoxy) is 1. The predicted octanol–water partition coefficient (Wildman–Crippen LogP) is 3.28. The van der Waals surface area contributed by atoms with Gasteiger partial charge in [-0.05, 0) is 48.9 Å². The van der Waals surface area contributed by atoms with Crippen molar-refractivity contribution in [2.24, 2.45) is 5.92 Å². The van der Waals surface area contributed by atoms with Crippen LogP contribution in [0.25, 0.3) is 5.57 Å². The Morgan fingerprint density at radius 1 is 1.24 bits per heavy atom. The van der Waals surface area contributed by atoms with Crippen molar-refractivity contribution in [3.05, 3.63) is 53.4 Å². The van der Waals surface area contributed by atoms with Crippen LogP contribution in [0.15, 0.2) is 42.1 Å². The molecule has 38 heavy (non-hydrogen) atoms. The summed E-state index contributed by atoms with van der Waals surface area (Å²) >= 11 is 0. The first-order chi connectivity index (χ1) is 17.8. The quantitative estimate of drug-likeness (QED) is 0.344. The molecule has 13 heteroatoms. The summed E-state index contributed by atoms with van der Waals surface area (Å²) < 4.78 is 76.6. The fourth-order valence-corrected chi connectivity index (χ4v) is 4.78. The molecular weight excluding hydrogens is 525 g/mol. The molecular formula is C25H29F3N4O5S. The van der Waals surface area contributed by atoms with Gasteiger partial charge in [-0.25, -0.2) is 13.1 Å². The number of amides is 2. The number of aromatic nitrogens is 2. The van der Waals surface area contributed by atoms with Crippen LogP contribution in [0.3, 0.4) is 0 Å². The Balaban J connectivity index is 1.79. The minimum atomic E-state index is -4.98. The number of nitrogens with one attached hydrogen (secondary N) is 2. The summed E-state index contributed by atoms with van der Waals surface area (Å²) in [5.74, 6) is -1.90. The summed E-state index contributed by atoms with van der Waals surface area (Å²) in [6.07, 6.45) is 0.123. The summed E-state index contributed by atoms with van der Waals surface area (Å²) in [4.78, 5) is 26.0. The first-order valence-electron chi connectivity index (χ1n) is 12.2. The van der Waals surface area contributed by atoms with Gasteiger partial charge in [-0.1, -0.05) is 25.5 Å². The molecule has 9 nitrogen and oxygen atoms in total. The molecule has 206 valence electrons. The zero-order valence-electron chi connectivity index (χ0n) is 21.0. The van der Waals surface area contributed by atoms with Crippen molar-refractivity contribution in [3.63, 3.8) is 0 Å². The molecule has 0 radical (unpaired) electrons.